The Morgan fingerprint density at radius 2 is 2.07 bits per heavy atom. The van der Waals surface area contributed by atoms with Crippen LogP contribution in [0.1, 0.15) is 6.42 Å². The fourth-order valence-electron chi connectivity index (χ4n) is 3.50. The molecule has 0 bridgehead atoms. The van der Waals surface area contributed by atoms with Crippen molar-refractivity contribution in [1.29, 1.82) is 0 Å². The van der Waals surface area contributed by atoms with E-state index in [1.54, 1.807) is 17.1 Å². The Kier molecular flexibility index (Phi) is 4.14. The molecular formula is C18H18N8O2S. The van der Waals surface area contributed by atoms with Crippen LogP contribution in [0.3, 0.4) is 0 Å². The highest BCUT2D eigenvalue weighted by Gasteiger charge is 2.29. The highest BCUT2D eigenvalue weighted by molar-refractivity contribution is 7.88. The zero-order valence-electron chi connectivity index (χ0n) is 15.6. The van der Waals surface area contributed by atoms with Crippen LogP contribution in [-0.4, -0.2) is 68.1 Å². The lowest BCUT2D eigenvalue weighted by Gasteiger charge is -2.14. The van der Waals surface area contributed by atoms with Gasteiger partial charge in [-0.05, 0) is 30.7 Å². The van der Waals surface area contributed by atoms with E-state index in [4.69, 9.17) is 0 Å². The van der Waals surface area contributed by atoms with E-state index in [1.165, 1.54) is 10.6 Å². The fourth-order valence-corrected chi connectivity index (χ4v) is 4.38. The van der Waals surface area contributed by atoms with Crippen LogP contribution in [0.15, 0.2) is 42.7 Å². The van der Waals surface area contributed by atoms with Crippen LogP contribution >= 0.6 is 0 Å². The summed E-state index contributed by atoms with van der Waals surface area (Å²) in [5, 5.41) is 12.6. The third kappa shape index (κ3) is 3.38. The highest BCUT2D eigenvalue weighted by atomic mass is 32.2. The minimum Gasteiger partial charge on any atom is -0.350 e. The van der Waals surface area contributed by atoms with Gasteiger partial charge in [0.2, 0.25) is 16.0 Å². The van der Waals surface area contributed by atoms with Gasteiger partial charge in [-0.1, -0.05) is 11.3 Å². The Hall–Kier alpha value is -3.18. The first kappa shape index (κ1) is 17.9. The molecule has 148 valence electrons. The maximum Gasteiger partial charge on any atom is 0.225 e. The zero-order valence-corrected chi connectivity index (χ0v) is 16.4. The summed E-state index contributed by atoms with van der Waals surface area (Å²) in [6.07, 6.45) is 5.29. The van der Waals surface area contributed by atoms with Crippen molar-refractivity contribution in [2.24, 2.45) is 0 Å². The molecule has 0 unspecified atom stereocenters. The predicted molar refractivity (Wildman–Crippen MR) is 108 cm³/mol. The summed E-state index contributed by atoms with van der Waals surface area (Å²) in [6, 6.07) is 9.65. The van der Waals surface area contributed by atoms with E-state index in [1.807, 2.05) is 30.3 Å². The van der Waals surface area contributed by atoms with Crippen LogP contribution in [0, 0.1) is 0 Å². The number of pyridine rings is 1. The molecule has 0 saturated carbocycles. The molecule has 10 nitrogen and oxygen atoms in total. The summed E-state index contributed by atoms with van der Waals surface area (Å²) in [4.78, 5) is 13.2. The SMILES string of the molecule is CS(=O)(=O)N1CC[C@@H](Nc2ncc3nnn(-c4ccc5ncccc5c4)c3n2)C1. The summed E-state index contributed by atoms with van der Waals surface area (Å²) < 4.78 is 26.5. The molecule has 0 aliphatic carbocycles. The van der Waals surface area contributed by atoms with Gasteiger partial charge >= 0.3 is 0 Å². The molecule has 29 heavy (non-hydrogen) atoms. The smallest absolute Gasteiger partial charge is 0.225 e. The predicted octanol–water partition coefficient (Wildman–Crippen LogP) is 1.20. The lowest BCUT2D eigenvalue weighted by Crippen LogP contribution is -2.31. The molecule has 0 spiro atoms. The number of nitrogens with one attached hydrogen (secondary N) is 1. The number of anilines is 1. The molecule has 5 rings (SSSR count). The van der Waals surface area contributed by atoms with E-state index < -0.39 is 10.0 Å². The van der Waals surface area contributed by atoms with Crippen LogP contribution in [0.2, 0.25) is 0 Å². The first-order valence-corrected chi connectivity index (χ1v) is 11.0. The van der Waals surface area contributed by atoms with E-state index in [0.29, 0.717) is 36.6 Å². The van der Waals surface area contributed by atoms with E-state index in [9.17, 15) is 8.42 Å². The van der Waals surface area contributed by atoms with E-state index >= 15 is 0 Å². The average Bonchev–Trinajstić information content (AvgIpc) is 3.34. The molecule has 3 aromatic heterocycles. The maximum atomic E-state index is 11.7. The van der Waals surface area contributed by atoms with Gasteiger partial charge in [0.05, 0.1) is 23.7 Å². The average molecular weight is 410 g/mol. The molecule has 1 saturated heterocycles. The molecule has 1 fully saturated rings. The van der Waals surface area contributed by atoms with Gasteiger partial charge in [0, 0.05) is 30.7 Å². The molecule has 1 aliphatic rings. The van der Waals surface area contributed by atoms with Crippen molar-refractivity contribution in [3.8, 4) is 5.69 Å². The molecule has 1 aliphatic heterocycles. The molecule has 11 heteroatoms. The fraction of sp³-hybridized carbons (Fsp3) is 0.278. The first-order chi connectivity index (χ1) is 14.0. The van der Waals surface area contributed by atoms with Crippen LogP contribution in [0.5, 0.6) is 0 Å². The second kappa shape index (κ2) is 6.71. The van der Waals surface area contributed by atoms with Crippen molar-refractivity contribution in [2.75, 3.05) is 24.7 Å². The van der Waals surface area contributed by atoms with Crippen LogP contribution in [0.4, 0.5) is 5.95 Å². The summed E-state index contributed by atoms with van der Waals surface area (Å²) in [7, 11) is -3.19. The molecular weight excluding hydrogens is 392 g/mol. The monoisotopic (exact) mass is 410 g/mol. The van der Waals surface area contributed by atoms with Crippen molar-refractivity contribution in [3.63, 3.8) is 0 Å². The van der Waals surface area contributed by atoms with Gasteiger partial charge in [0.25, 0.3) is 0 Å². The van der Waals surface area contributed by atoms with Crippen LogP contribution < -0.4 is 5.32 Å². The number of fused-ring (bicyclic) bond motifs is 2. The van der Waals surface area contributed by atoms with Gasteiger partial charge in [-0.2, -0.15) is 9.67 Å². The molecule has 4 heterocycles. The third-order valence-electron chi connectivity index (χ3n) is 4.98. The third-order valence-corrected chi connectivity index (χ3v) is 6.25. The van der Waals surface area contributed by atoms with E-state index in [2.05, 4.69) is 30.6 Å². The number of hydrogen-bond acceptors (Lipinski definition) is 8. The number of hydrogen-bond donors (Lipinski definition) is 1. The van der Waals surface area contributed by atoms with Crippen molar-refractivity contribution < 1.29 is 8.42 Å². The highest BCUT2D eigenvalue weighted by Crippen LogP contribution is 2.21. The summed E-state index contributed by atoms with van der Waals surface area (Å²) in [6.45, 7) is 0.888. The number of aromatic nitrogens is 6. The largest absolute Gasteiger partial charge is 0.350 e. The number of benzene rings is 1. The van der Waals surface area contributed by atoms with Gasteiger partial charge in [0.15, 0.2) is 11.2 Å². The molecule has 1 N–H and O–H groups in total. The van der Waals surface area contributed by atoms with Gasteiger partial charge in [-0.25, -0.2) is 17.7 Å². The number of rotatable bonds is 4. The van der Waals surface area contributed by atoms with Crippen LogP contribution in [0.25, 0.3) is 27.8 Å². The van der Waals surface area contributed by atoms with Crippen molar-refractivity contribution in [1.82, 2.24) is 34.3 Å². The molecule has 1 atom stereocenters. The van der Waals surface area contributed by atoms with Gasteiger partial charge in [-0.3, -0.25) is 4.98 Å². The molecule has 1 aromatic carbocycles. The number of sulfonamides is 1. The first-order valence-electron chi connectivity index (χ1n) is 9.13. The van der Waals surface area contributed by atoms with Crippen molar-refractivity contribution >= 4 is 38.0 Å². The Labute approximate surface area is 166 Å². The standard InChI is InChI=1S/C18H18N8O2S/c1-29(27,28)25-8-6-13(11-25)21-18-20-10-16-17(22-18)26(24-23-16)14-4-5-15-12(9-14)3-2-7-19-15/h2-5,7,9-10,13H,6,8,11H2,1H3,(H,20,21,22)/t13-/m1/s1. The zero-order chi connectivity index (χ0) is 20.0. The molecule has 0 amide bonds. The minimum atomic E-state index is -3.19. The molecule has 4 aromatic rings. The molecule has 0 radical (unpaired) electrons. The van der Waals surface area contributed by atoms with E-state index in [0.717, 1.165) is 16.6 Å². The lowest BCUT2D eigenvalue weighted by molar-refractivity contribution is 0.480. The Bertz CT molecular complexity index is 1320. The Morgan fingerprint density at radius 3 is 2.90 bits per heavy atom. The normalized spacial score (nSPS) is 17.9. The topological polar surface area (TPSA) is 119 Å². The van der Waals surface area contributed by atoms with Gasteiger partial charge in [0.1, 0.15) is 0 Å². The van der Waals surface area contributed by atoms with Gasteiger partial charge < -0.3 is 5.32 Å². The Balaban J connectivity index is 1.46. The summed E-state index contributed by atoms with van der Waals surface area (Å²) >= 11 is 0. The van der Waals surface area contributed by atoms with Gasteiger partial charge in [-0.15, -0.1) is 5.10 Å². The quantitative estimate of drug-likeness (QED) is 0.533. The number of nitrogens with zero attached hydrogens (tertiary/aromatic N) is 7. The minimum absolute atomic E-state index is 0.0433. The second-order valence-corrected chi connectivity index (χ2v) is 9.02. The summed E-state index contributed by atoms with van der Waals surface area (Å²) in [5.74, 6) is 0.420. The maximum absolute atomic E-state index is 11.7. The van der Waals surface area contributed by atoms with Crippen LogP contribution in [-0.2, 0) is 10.0 Å². The van der Waals surface area contributed by atoms with Crippen molar-refractivity contribution in [3.05, 3.63) is 42.7 Å². The Morgan fingerprint density at radius 1 is 1.17 bits per heavy atom. The van der Waals surface area contributed by atoms with E-state index in [-0.39, 0.29) is 6.04 Å². The second-order valence-electron chi connectivity index (χ2n) is 7.04. The summed E-state index contributed by atoms with van der Waals surface area (Å²) in [5.41, 5.74) is 2.87. The lowest BCUT2D eigenvalue weighted by atomic mass is 10.2. The van der Waals surface area contributed by atoms with Crippen molar-refractivity contribution in [2.45, 2.75) is 12.5 Å².